The number of ether oxygens (including phenoxy) is 1. The van der Waals surface area contributed by atoms with Crippen LogP contribution in [0.25, 0.3) is 0 Å². The summed E-state index contributed by atoms with van der Waals surface area (Å²) in [5.41, 5.74) is 1.09. The number of esters is 1. The molecular formula is C21H23ClFN5O4S2. The number of methoxy groups -OCH3 is 1. The monoisotopic (exact) mass is 527 g/mol. The Balaban J connectivity index is 1.80. The van der Waals surface area contributed by atoms with Crippen molar-refractivity contribution in [3.8, 4) is 0 Å². The van der Waals surface area contributed by atoms with Gasteiger partial charge in [-0.2, -0.15) is 12.7 Å². The smallest absolute Gasteiger partial charge is 0.338 e. The molecule has 2 N–H and O–H groups in total. The first-order chi connectivity index (χ1) is 16.3. The minimum atomic E-state index is -3.56. The number of hydrogen-bond acceptors (Lipinski definition) is 8. The summed E-state index contributed by atoms with van der Waals surface area (Å²) < 4.78 is 47.5. The van der Waals surface area contributed by atoms with Crippen molar-refractivity contribution >= 4 is 45.0 Å². The number of piperidine rings is 1. The maximum atomic E-state index is 14.3. The second-order valence-corrected chi connectivity index (χ2v) is 10.8. The van der Waals surface area contributed by atoms with Crippen LogP contribution >= 0.6 is 22.9 Å². The SMILES string of the molecule is CNS(=O)(=O)N1CCC(C2=C(C(=O)OC)C(c3cccc(F)c3Cl)N=C(c3nccs3)N2)CC1. The predicted molar refractivity (Wildman–Crippen MR) is 127 cm³/mol. The van der Waals surface area contributed by atoms with Crippen molar-refractivity contribution in [3.63, 3.8) is 0 Å². The van der Waals surface area contributed by atoms with Crippen molar-refractivity contribution in [2.45, 2.75) is 18.9 Å². The van der Waals surface area contributed by atoms with Crippen LogP contribution in [-0.4, -0.2) is 56.8 Å². The van der Waals surface area contributed by atoms with Crippen LogP contribution < -0.4 is 10.0 Å². The normalized spacial score (nSPS) is 20.1. The molecule has 2 aromatic rings. The molecule has 2 aliphatic rings. The quantitative estimate of drug-likeness (QED) is 0.558. The third-order valence-corrected chi connectivity index (χ3v) is 8.59. The number of aromatic nitrogens is 1. The molecule has 0 amide bonds. The van der Waals surface area contributed by atoms with Crippen molar-refractivity contribution in [2.24, 2.45) is 10.9 Å². The molecule has 1 atom stereocenters. The molecule has 1 unspecified atom stereocenters. The van der Waals surface area contributed by atoms with Gasteiger partial charge in [0.15, 0.2) is 10.8 Å². The Hall–Kier alpha value is -2.38. The maximum absolute atomic E-state index is 14.3. The predicted octanol–water partition coefficient (Wildman–Crippen LogP) is 2.63. The van der Waals surface area contributed by atoms with Gasteiger partial charge in [-0.1, -0.05) is 23.7 Å². The van der Waals surface area contributed by atoms with E-state index in [2.05, 4.69) is 20.0 Å². The summed E-state index contributed by atoms with van der Waals surface area (Å²) in [4.78, 5) is 22.0. The first kappa shape index (κ1) is 24.7. The molecule has 9 nitrogen and oxygen atoms in total. The average Bonchev–Trinajstić information content (AvgIpc) is 3.40. The summed E-state index contributed by atoms with van der Waals surface area (Å²) in [6, 6.07) is 3.43. The number of rotatable bonds is 6. The molecule has 182 valence electrons. The summed E-state index contributed by atoms with van der Waals surface area (Å²) in [7, 11) is -0.926. The van der Waals surface area contributed by atoms with Crippen LogP contribution in [0.3, 0.4) is 0 Å². The molecule has 13 heteroatoms. The van der Waals surface area contributed by atoms with Gasteiger partial charge in [-0.15, -0.1) is 11.3 Å². The van der Waals surface area contributed by atoms with Crippen molar-refractivity contribution in [1.29, 1.82) is 0 Å². The van der Waals surface area contributed by atoms with Crippen LogP contribution in [0.2, 0.25) is 5.02 Å². The van der Waals surface area contributed by atoms with Crippen LogP contribution in [0.5, 0.6) is 0 Å². The van der Waals surface area contributed by atoms with Gasteiger partial charge < -0.3 is 10.1 Å². The van der Waals surface area contributed by atoms with Gasteiger partial charge >= 0.3 is 5.97 Å². The minimum Gasteiger partial charge on any atom is -0.466 e. The van der Waals surface area contributed by atoms with Crippen LogP contribution in [0.1, 0.15) is 29.5 Å². The van der Waals surface area contributed by atoms with E-state index in [4.69, 9.17) is 16.3 Å². The van der Waals surface area contributed by atoms with Gasteiger partial charge in [-0.05, 0) is 18.9 Å². The van der Waals surface area contributed by atoms with Crippen LogP contribution in [0.15, 0.2) is 46.0 Å². The first-order valence-corrected chi connectivity index (χ1v) is 13.2. The summed E-state index contributed by atoms with van der Waals surface area (Å²) >= 11 is 7.66. The molecule has 3 heterocycles. The highest BCUT2D eigenvalue weighted by atomic mass is 35.5. The van der Waals surface area contributed by atoms with E-state index >= 15 is 0 Å². The van der Waals surface area contributed by atoms with E-state index in [-0.39, 0.29) is 29.6 Å². The molecule has 0 saturated carbocycles. The molecule has 34 heavy (non-hydrogen) atoms. The zero-order chi connectivity index (χ0) is 24.5. The lowest BCUT2D eigenvalue weighted by Gasteiger charge is -2.36. The summed E-state index contributed by atoms with van der Waals surface area (Å²) in [6.45, 7) is 0.533. The van der Waals surface area contributed by atoms with Gasteiger partial charge in [0.05, 0.1) is 17.7 Å². The molecule has 0 radical (unpaired) electrons. The number of allylic oxidation sites excluding steroid dienone is 1. The summed E-state index contributed by atoms with van der Waals surface area (Å²) in [5, 5.41) is 5.50. The van der Waals surface area contributed by atoms with Crippen molar-refractivity contribution < 1.29 is 22.3 Å². The topological polar surface area (TPSA) is 113 Å². The van der Waals surface area contributed by atoms with Gasteiger partial charge in [0.2, 0.25) is 0 Å². The highest BCUT2D eigenvalue weighted by Gasteiger charge is 2.38. The number of thiazole rings is 1. The fourth-order valence-corrected chi connectivity index (χ4v) is 5.91. The van der Waals surface area contributed by atoms with E-state index in [1.165, 1.54) is 41.9 Å². The molecular weight excluding hydrogens is 505 g/mol. The number of benzene rings is 1. The molecule has 0 spiro atoms. The van der Waals surface area contributed by atoms with Crippen LogP contribution in [0, 0.1) is 11.7 Å². The number of nitrogens with zero attached hydrogens (tertiary/aromatic N) is 3. The third-order valence-electron chi connectivity index (χ3n) is 5.85. The fourth-order valence-electron chi connectivity index (χ4n) is 4.14. The van der Waals surface area contributed by atoms with Gasteiger partial charge in [-0.3, -0.25) is 4.99 Å². The highest BCUT2D eigenvalue weighted by Crippen LogP contribution is 2.40. The van der Waals surface area contributed by atoms with Gasteiger partial charge in [0.1, 0.15) is 11.9 Å². The van der Waals surface area contributed by atoms with Gasteiger partial charge in [-0.25, -0.2) is 18.9 Å². The Labute approximate surface area is 205 Å². The molecule has 1 fully saturated rings. The Morgan fingerprint density at radius 2 is 2.09 bits per heavy atom. The van der Waals surface area contributed by atoms with E-state index < -0.39 is 28.0 Å². The van der Waals surface area contributed by atoms with Crippen LogP contribution in [0.4, 0.5) is 4.39 Å². The fraction of sp³-hybridized carbons (Fsp3) is 0.381. The second-order valence-electron chi connectivity index (χ2n) is 7.69. The standard InChI is InChI=1S/C21H23ClFN5O4S2/c1-24-34(30,31)28-9-6-12(7-10-28)17-15(21(29)32-2)18(13-4-3-5-14(23)16(13)22)27-19(26-17)20-25-8-11-33-20/h3-5,8,11-12,18,24H,6-7,9-10H2,1-2H3,(H,26,27). The van der Waals surface area contributed by atoms with Crippen LogP contribution in [-0.2, 0) is 19.7 Å². The summed E-state index contributed by atoms with van der Waals surface area (Å²) in [6.07, 6.45) is 2.55. The molecule has 0 aliphatic carbocycles. The number of carbonyl (C=O) groups is 1. The zero-order valence-electron chi connectivity index (χ0n) is 18.4. The molecule has 1 aromatic heterocycles. The van der Waals surface area contributed by atoms with Crippen molar-refractivity contribution in [1.82, 2.24) is 19.3 Å². The number of halogens is 2. The highest BCUT2D eigenvalue weighted by molar-refractivity contribution is 7.87. The molecule has 0 bridgehead atoms. The Kier molecular flexibility index (Phi) is 7.33. The zero-order valence-corrected chi connectivity index (χ0v) is 20.8. The molecule has 2 aliphatic heterocycles. The second kappa shape index (κ2) is 10.1. The number of aliphatic imine (C=N–C) groups is 1. The lowest BCUT2D eigenvalue weighted by molar-refractivity contribution is -0.136. The average molecular weight is 528 g/mol. The maximum Gasteiger partial charge on any atom is 0.338 e. The minimum absolute atomic E-state index is 0.132. The van der Waals surface area contributed by atoms with E-state index in [0.29, 0.717) is 34.9 Å². The van der Waals surface area contributed by atoms with E-state index in [1.54, 1.807) is 17.6 Å². The number of amidine groups is 1. The molecule has 4 rings (SSSR count). The lowest BCUT2D eigenvalue weighted by Crippen LogP contribution is -2.46. The van der Waals surface area contributed by atoms with E-state index in [0.717, 1.165) is 0 Å². The summed E-state index contributed by atoms with van der Waals surface area (Å²) in [5.74, 6) is -1.02. The Morgan fingerprint density at radius 3 is 2.71 bits per heavy atom. The molecule has 1 saturated heterocycles. The van der Waals surface area contributed by atoms with E-state index in [9.17, 15) is 17.6 Å². The number of carbonyl (C=O) groups excluding carboxylic acids is 1. The third kappa shape index (κ3) is 4.73. The van der Waals surface area contributed by atoms with Gasteiger partial charge in [0, 0.05) is 48.9 Å². The first-order valence-electron chi connectivity index (χ1n) is 10.5. The Bertz CT molecular complexity index is 1240. The number of nitrogens with one attached hydrogen (secondary N) is 2. The lowest BCUT2D eigenvalue weighted by atomic mass is 9.86. The Morgan fingerprint density at radius 1 is 1.35 bits per heavy atom. The van der Waals surface area contributed by atoms with E-state index in [1.807, 2.05) is 0 Å². The van der Waals surface area contributed by atoms with Gasteiger partial charge in [0.25, 0.3) is 10.2 Å². The number of hydrogen-bond donors (Lipinski definition) is 2. The van der Waals surface area contributed by atoms with Crippen molar-refractivity contribution in [3.05, 3.63) is 62.5 Å². The van der Waals surface area contributed by atoms with Crippen molar-refractivity contribution in [2.75, 3.05) is 27.2 Å². The largest absolute Gasteiger partial charge is 0.466 e. The molecule has 1 aromatic carbocycles.